The van der Waals surface area contributed by atoms with Gasteiger partial charge in [-0.25, -0.2) is 4.98 Å². The molecule has 2 N–H and O–H groups in total. The van der Waals surface area contributed by atoms with Gasteiger partial charge in [0.25, 0.3) is 0 Å². The smallest absolute Gasteiger partial charge is 0.127 e. The molecule has 1 fully saturated rings. The maximum atomic E-state index is 5.98. The summed E-state index contributed by atoms with van der Waals surface area (Å²) in [5.74, 6) is 1.70. The molecule has 3 rings (SSSR count). The van der Waals surface area contributed by atoms with E-state index in [9.17, 15) is 0 Å². The number of hydrogen-bond donors (Lipinski definition) is 1. The van der Waals surface area contributed by atoms with Crippen LogP contribution in [0, 0.1) is 0 Å². The minimum absolute atomic E-state index is 0.354. The standard InChI is InChI=1S/C16H21N3O/c17-16-13(6-4-9-18-16)12-19-10-3-1-2-7-14(19)15-8-5-11-20-15/h4-6,8-9,11,14H,1-3,7,10,12H2,(H2,17,18)/t14-/m0/s1. The first kappa shape index (κ1) is 13.2. The molecule has 2 aromatic rings. The normalized spacial score (nSPS) is 20.7. The lowest BCUT2D eigenvalue weighted by atomic mass is 10.1. The first-order valence-electron chi connectivity index (χ1n) is 7.31. The number of hydrogen-bond acceptors (Lipinski definition) is 4. The number of furan rings is 1. The fourth-order valence-electron chi connectivity index (χ4n) is 2.96. The summed E-state index contributed by atoms with van der Waals surface area (Å²) >= 11 is 0. The lowest BCUT2D eigenvalue weighted by molar-refractivity contribution is 0.170. The molecule has 0 spiro atoms. The Morgan fingerprint density at radius 1 is 1.25 bits per heavy atom. The van der Waals surface area contributed by atoms with Crippen molar-refractivity contribution < 1.29 is 4.42 Å². The molecule has 3 heterocycles. The maximum Gasteiger partial charge on any atom is 0.127 e. The van der Waals surface area contributed by atoms with Gasteiger partial charge < -0.3 is 10.2 Å². The zero-order valence-corrected chi connectivity index (χ0v) is 11.7. The lowest BCUT2D eigenvalue weighted by Crippen LogP contribution is -2.28. The first-order valence-corrected chi connectivity index (χ1v) is 7.31. The number of aromatic nitrogens is 1. The van der Waals surface area contributed by atoms with Crippen LogP contribution in [0.3, 0.4) is 0 Å². The molecule has 0 bridgehead atoms. The van der Waals surface area contributed by atoms with Crippen molar-refractivity contribution in [2.24, 2.45) is 0 Å². The molecule has 1 saturated heterocycles. The van der Waals surface area contributed by atoms with Gasteiger partial charge in [-0.2, -0.15) is 0 Å². The van der Waals surface area contributed by atoms with E-state index < -0.39 is 0 Å². The Morgan fingerprint density at radius 2 is 2.20 bits per heavy atom. The predicted octanol–water partition coefficient (Wildman–Crippen LogP) is 3.37. The Kier molecular flexibility index (Phi) is 4.02. The van der Waals surface area contributed by atoms with Crippen LogP contribution >= 0.6 is 0 Å². The van der Waals surface area contributed by atoms with Gasteiger partial charge in [-0.1, -0.05) is 18.9 Å². The van der Waals surface area contributed by atoms with Crippen LogP contribution in [-0.2, 0) is 6.54 Å². The third-order valence-corrected chi connectivity index (χ3v) is 4.03. The van der Waals surface area contributed by atoms with Gasteiger partial charge in [-0.3, -0.25) is 4.90 Å². The monoisotopic (exact) mass is 271 g/mol. The Morgan fingerprint density at radius 3 is 3.00 bits per heavy atom. The largest absolute Gasteiger partial charge is 0.468 e. The minimum atomic E-state index is 0.354. The predicted molar refractivity (Wildman–Crippen MR) is 79.0 cm³/mol. The van der Waals surface area contributed by atoms with Crippen molar-refractivity contribution in [2.75, 3.05) is 12.3 Å². The number of likely N-dealkylation sites (tertiary alicyclic amines) is 1. The van der Waals surface area contributed by atoms with E-state index in [1.54, 1.807) is 12.5 Å². The zero-order chi connectivity index (χ0) is 13.8. The van der Waals surface area contributed by atoms with E-state index in [4.69, 9.17) is 10.2 Å². The molecule has 0 unspecified atom stereocenters. The molecular formula is C16H21N3O. The molecule has 0 aromatic carbocycles. The summed E-state index contributed by atoms with van der Waals surface area (Å²) in [5.41, 5.74) is 7.08. The van der Waals surface area contributed by atoms with Crippen LogP contribution < -0.4 is 5.73 Å². The second kappa shape index (κ2) is 6.09. The van der Waals surface area contributed by atoms with Crippen molar-refractivity contribution in [3.05, 3.63) is 48.0 Å². The van der Waals surface area contributed by atoms with Crippen molar-refractivity contribution in [3.8, 4) is 0 Å². The van der Waals surface area contributed by atoms with Crippen LogP contribution in [0.25, 0.3) is 0 Å². The third kappa shape index (κ3) is 2.85. The molecule has 1 atom stereocenters. The summed E-state index contributed by atoms with van der Waals surface area (Å²) in [7, 11) is 0. The average Bonchev–Trinajstić information content (AvgIpc) is 2.89. The Balaban J connectivity index is 1.82. The average molecular weight is 271 g/mol. The van der Waals surface area contributed by atoms with E-state index in [2.05, 4.69) is 22.0 Å². The Bertz CT molecular complexity index is 538. The highest BCUT2D eigenvalue weighted by Crippen LogP contribution is 2.32. The van der Waals surface area contributed by atoms with Gasteiger partial charge in [0.15, 0.2) is 0 Å². The summed E-state index contributed by atoms with van der Waals surface area (Å²) in [6, 6.07) is 8.41. The van der Waals surface area contributed by atoms with Gasteiger partial charge in [-0.05, 0) is 37.6 Å². The molecule has 1 aliphatic rings. The van der Waals surface area contributed by atoms with Gasteiger partial charge >= 0.3 is 0 Å². The Labute approximate surface area is 119 Å². The molecule has 4 heteroatoms. The molecule has 0 aliphatic carbocycles. The van der Waals surface area contributed by atoms with Gasteiger partial charge in [0.05, 0.1) is 12.3 Å². The van der Waals surface area contributed by atoms with E-state index in [-0.39, 0.29) is 0 Å². The molecule has 4 nitrogen and oxygen atoms in total. The van der Waals surface area contributed by atoms with Crippen molar-refractivity contribution in [1.29, 1.82) is 0 Å². The van der Waals surface area contributed by atoms with Crippen LogP contribution in [0.1, 0.15) is 43.0 Å². The maximum absolute atomic E-state index is 5.98. The number of rotatable bonds is 3. The molecule has 0 radical (unpaired) electrons. The fraction of sp³-hybridized carbons (Fsp3) is 0.438. The highest BCUT2D eigenvalue weighted by molar-refractivity contribution is 5.38. The van der Waals surface area contributed by atoms with Crippen LogP contribution in [-0.4, -0.2) is 16.4 Å². The highest BCUT2D eigenvalue weighted by atomic mass is 16.3. The summed E-state index contributed by atoms with van der Waals surface area (Å²) in [6.07, 6.45) is 8.42. The van der Waals surface area contributed by atoms with E-state index >= 15 is 0 Å². The van der Waals surface area contributed by atoms with Crippen LogP contribution in [0.5, 0.6) is 0 Å². The fourth-order valence-corrected chi connectivity index (χ4v) is 2.96. The molecule has 20 heavy (non-hydrogen) atoms. The minimum Gasteiger partial charge on any atom is -0.468 e. The number of nitrogens with two attached hydrogens (primary N) is 1. The SMILES string of the molecule is Nc1ncccc1CN1CCCCC[C@H]1c1ccco1. The summed E-state index contributed by atoms with van der Waals surface area (Å²) in [6.45, 7) is 1.92. The molecule has 2 aromatic heterocycles. The molecule has 0 saturated carbocycles. The quantitative estimate of drug-likeness (QED) is 0.930. The van der Waals surface area contributed by atoms with Gasteiger partial charge in [0, 0.05) is 18.3 Å². The number of anilines is 1. The number of nitrogens with zero attached hydrogens (tertiary/aromatic N) is 2. The van der Waals surface area contributed by atoms with E-state index in [0.717, 1.165) is 30.8 Å². The summed E-state index contributed by atoms with van der Waals surface area (Å²) in [5, 5.41) is 0. The number of pyridine rings is 1. The molecule has 106 valence electrons. The van der Waals surface area contributed by atoms with E-state index in [1.807, 2.05) is 12.1 Å². The van der Waals surface area contributed by atoms with Gasteiger partial charge in [-0.15, -0.1) is 0 Å². The Hall–Kier alpha value is -1.81. The van der Waals surface area contributed by atoms with Gasteiger partial charge in [0.2, 0.25) is 0 Å². The second-order valence-corrected chi connectivity index (χ2v) is 5.40. The first-order chi connectivity index (χ1) is 9.84. The molecule has 0 amide bonds. The van der Waals surface area contributed by atoms with Crippen LogP contribution in [0.4, 0.5) is 5.82 Å². The summed E-state index contributed by atoms with van der Waals surface area (Å²) < 4.78 is 5.64. The van der Waals surface area contributed by atoms with Crippen LogP contribution in [0.15, 0.2) is 41.1 Å². The number of nitrogen functional groups attached to an aromatic ring is 1. The van der Waals surface area contributed by atoms with Gasteiger partial charge in [0.1, 0.15) is 11.6 Å². The van der Waals surface area contributed by atoms with Crippen molar-refractivity contribution in [1.82, 2.24) is 9.88 Å². The lowest BCUT2D eigenvalue weighted by Gasteiger charge is -2.28. The zero-order valence-electron chi connectivity index (χ0n) is 11.7. The summed E-state index contributed by atoms with van der Waals surface area (Å²) in [4.78, 5) is 6.65. The topological polar surface area (TPSA) is 55.3 Å². The second-order valence-electron chi connectivity index (χ2n) is 5.40. The van der Waals surface area contributed by atoms with E-state index in [0.29, 0.717) is 11.9 Å². The molecular weight excluding hydrogens is 250 g/mol. The highest BCUT2D eigenvalue weighted by Gasteiger charge is 2.25. The van der Waals surface area contributed by atoms with Crippen molar-refractivity contribution in [3.63, 3.8) is 0 Å². The third-order valence-electron chi connectivity index (χ3n) is 4.03. The van der Waals surface area contributed by atoms with Crippen LogP contribution in [0.2, 0.25) is 0 Å². The van der Waals surface area contributed by atoms with Crippen molar-refractivity contribution in [2.45, 2.75) is 38.3 Å². The van der Waals surface area contributed by atoms with E-state index in [1.165, 1.54) is 19.3 Å². The molecule has 1 aliphatic heterocycles. The van der Waals surface area contributed by atoms with Crippen molar-refractivity contribution >= 4 is 5.82 Å².